The number of aromatic nitrogens is 3. The van der Waals surface area contributed by atoms with Gasteiger partial charge in [0.25, 0.3) is 0 Å². The number of carboxylic acid groups (broad SMARTS) is 1. The summed E-state index contributed by atoms with van der Waals surface area (Å²) in [5.74, 6) is 0.125. The van der Waals surface area contributed by atoms with Crippen molar-refractivity contribution in [3.8, 4) is 5.88 Å². The van der Waals surface area contributed by atoms with E-state index in [1.165, 1.54) is 6.07 Å². The third-order valence-corrected chi connectivity index (χ3v) is 7.76. The van der Waals surface area contributed by atoms with Gasteiger partial charge in [0.2, 0.25) is 5.88 Å². The lowest BCUT2D eigenvalue weighted by atomic mass is 10.0. The largest absolute Gasteiger partial charge is 0.481 e. The van der Waals surface area contributed by atoms with Gasteiger partial charge in [-0.3, -0.25) is 9.69 Å². The second-order valence-corrected chi connectivity index (χ2v) is 10.9. The molecule has 0 saturated carbocycles. The summed E-state index contributed by atoms with van der Waals surface area (Å²) < 4.78 is 27.8. The Morgan fingerprint density at radius 2 is 2.05 bits per heavy atom. The van der Waals surface area contributed by atoms with Gasteiger partial charge >= 0.3 is 5.97 Å². The fraction of sp³-hybridized carbons (Fsp3) is 0.323. The Morgan fingerprint density at radius 3 is 2.78 bits per heavy atom. The number of imidazole rings is 1. The predicted molar refractivity (Wildman–Crippen MR) is 153 cm³/mol. The van der Waals surface area contributed by atoms with Gasteiger partial charge in [-0.1, -0.05) is 35.9 Å². The minimum absolute atomic E-state index is 0.0259. The van der Waals surface area contributed by atoms with E-state index in [2.05, 4.69) is 20.5 Å². The van der Waals surface area contributed by atoms with E-state index in [0.29, 0.717) is 23.0 Å². The lowest BCUT2D eigenvalue weighted by Gasteiger charge is -2.29. The number of nitrogens with zero attached hydrogens (tertiary/aromatic N) is 4. The summed E-state index contributed by atoms with van der Waals surface area (Å²) in [6.07, 6.45) is 4.17. The van der Waals surface area contributed by atoms with Gasteiger partial charge in [-0.15, -0.1) is 0 Å². The van der Waals surface area contributed by atoms with Crippen LogP contribution in [0, 0.1) is 5.82 Å². The highest BCUT2D eigenvalue weighted by molar-refractivity contribution is 6.30. The number of aliphatic carboxylic acids is 1. The molecule has 0 radical (unpaired) electrons. The molecule has 2 aliphatic heterocycles. The monoisotopic (exact) mass is 576 g/mol. The van der Waals surface area contributed by atoms with Crippen molar-refractivity contribution in [2.75, 3.05) is 19.7 Å². The number of fused-ring (bicyclic) bond motifs is 1. The Morgan fingerprint density at radius 1 is 1.17 bits per heavy atom. The molecule has 1 fully saturated rings. The molecule has 0 unspecified atom stereocenters. The standard InChI is InChI=1S/C31H30ClFN4O4/c32-23-6-5-22(25(33)16-23)19-41-30-3-1-2-26(35-30)21-8-11-36(12-9-21)18-29-34-27-14-20(15-31(38)39)4-7-28(27)37(29)17-24-10-13-40-24/h1-8,14,16,24H,9-13,15,17-19H2,(H,38,39)/t24-/m0/s1. The third kappa shape index (κ3) is 6.43. The van der Waals surface area contributed by atoms with Crippen LogP contribution >= 0.6 is 11.6 Å². The topological polar surface area (TPSA) is 89.7 Å². The molecular formula is C31H30ClFN4O4. The minimum atomic E-state index is -0.857. The second kappa shape index (κ2) is 12.0. The molecule has 1 saturated heterocycles. The number of halogens is 2. The van der Waals surface area contributed by atoms with Crippen molar-refractivity contribution in [3.63, 3.8) is 0 Å². The summed E-state index contributed by atoms with van der Waals surface area (Å²) in [5, 5.41) is 9.55. The fourth-order valence-corrected chi connectivity index (χ4v) is 5.38. The van der Waals surface area contributed by atoms with Crippen molar-refractivity contribution < 1.29 is 23.8 Å². The first-order valence-electron chi connectivity index (χ1n) is 13.7. The molecule has 6 rings (SSSR count). The maximum atomic E-state index is 14.1. The summed E-state index contributed by atoms with van der Waals surface area (Å²) in [4.78, 5) is 23.1. The maximum Gasteiger partial charge on any atom is 0.307 e. The molecule has 4 aromatic rings. The molecule has 1 atom stereocenters. The quantitative estimate of drug-likeness (QED) is 0.266. The Kier molecular flexibility index (Phi) is 8.00. The first-order valence-corrected chi connectivity index (χ1v) is 14.1. The van der Waals surface area contributed by atoms with Crippen LogP contribution < -0.4 is 4.74 Å². The summed E-state index contributed by atoms with van der Waals surface area (Å²) in [6, 6.07) is 15.9. The van der Waals surface area contributed by atoms with Gasteiger partial charge in [-0.25, -0.2) is 14.4 Å². The van der Waals surface area contributed by atoms with Crippen molar-refractivity contribution in [3.05, 3.63) is 94.2 Å². The Hall–Kier alpha value is -3.79. The highest BCUT2D eigenvalue weighted by Crippen LogP contribution is 2.27. The van der Waals surface area contributed by atoms with Crippen LogP contribution in [-0.4, -0.2) is 56.3 Å². The molecule has 41 heavy (non-hydrogen) atoms. The maximum absolute atomic E-state index is 14.1. The van der Waals surface area contributed by atoms with Gasteiger partial charge in [-0.05, 0) is 54.3 Å². The molecule has 2 aromatic heterocycles. The number of benzene rings is 2. The highest BCUT2D eigenvalue weighted by Gasteiger charge is 2.24. The molecule has 4 heterocycles. The zero-order chi connectivity index (χ0) is 28.3. The van der Waals surface area contributed by atoms with Crippen molar-refractivity contribution >= 4 is 34.2 Å². The van der Waals surface area contributed by atoms with E-state index in [1.807, 2.05) is 30.3 Å². The lowest BCUT2D eigenvalue weighted by Crippen LogP contribution is -2.33. The molecular weight excluding hydrogens is 547 g/mol. The van der Waals surface area contributed by atoms with Crippen LogP contribution in [0.4, 0.5) is 4.39 Å². The van der Waals surface area contributed by atoms with Crippen molar-refractivity contribution in [2.24, 2.45) is 0 Å². The Balaban J connectivity index is 1.14. The molecule has 0 amide bonds. The minimum Gasteiger partial charge on any atom is -0.481 e. The Labute approximate surface area is 242 Å². The molecule has 2 aromatic carbocycles. The number of hydrogen-bond acceptors (Lipinski definition) is 6. The fourth-order valence-electron chi connectivity index (χ4n) is 5.22. The van der Waals surface area contributed by atoms with Crippen LogP contribution in [0.1, 0.15) is 35.5 Å². The number of hydrogen-bond donors (Lipinski definition) is 1. The van der Waals surface area contributed by atoms with Crippen LogP contribution in [0.25, 0.3) is 16.6 Å². The zero-order valence-electron chi connectivity index (χ0n) is 22.4. The predicted octanol–water partition coefficient (Wildman–Crippen LogP) is 5.51. The summed E-state index contributed by atoms with van der Waals surface area (Å²) in [6.45, 7) is 3.83. The normalized spacial score (nSPS) is 17.3. The van der Waals surface area contributed by atoms with Crippen LogP contribution in [-0.2, 0) is 35.6 Å². The highest BCUT2D eigenvalue weighted by atomic mass is 35.5. The first-order chi connectivity index (χ1) is 19.9. The molecule has 8 nitrogen and oxygen atoms in total. The molecule has 1 N–H and O–H groups in total. The smallest absolute Gasteiger partial charge is 0.307 e. The lowest BCUT2D eigenvalue weighted by molar-refractivity contribution is -0.136. The third-order valence-electron chi connectivity index (χ3n) is 7.53. The van der Waals surface area contributed by atoms with Crippen LogP contribution in [0.2, 0.25) is 5.02 Å². The van der Waals surface area contributed by atoms with E-state index in [4.69, 9.17) is 26.1 Å². The van der Waals surface area contributed by atoms with Gasteiger partial charge in [0.15, 0.2) is 0 Å². The molecule has 212 valence electrons. The zero-order valence-corrected chi connectivity index (χ0v) is 23.2. The average molecular weight is 577 g/mol. The molecule has 0 spiro atoms. The van der Waals surface area contributed by atoms with E-state index in [-0.39, 0.29) is 19.1 Å². The van der Waals surface area contributed by atoms with Crippen LogP contribution in [0.3, 0.4) is 0 Å². The number of pyridine rings is 1. The second-order valence-electron chi connectivity index (χ2n) is 10.4. The molecule has 2 aliphatic rings. The number of ether oxygens (including phenoxy) is 2. The van der Waals surface area contributed by atoms with Gasteiger partial charge in [-0.2, -0.15) is 0 Å². The molecule has 10 heteroatoms. The van der Waals surface area contributed by atoms with E-state index < -0.39 is 11.8 Å². The molecule has 0 bridgehead atoms. The van der Waals surface area contributed by atoms with E-state index in [1.54, 1.807) is 18.2 Å². The van der Waals surface area contributed by atoms with Crippen molar-refractivity contribution in [1.29, 1.82) is 0 Å². The number of carboxylic acids is 1. The van der Waals surface area contributed by atoms with E-state index in [9.17, 15) is 14.3 Å². The van der Waals surface area contributed by atoms with Gasteiger partial charge in [0.05, 0.1) is 42.3 Å². The van der Waals surface area contributed by atoms with Crippen LogP contribution in [0.5, 0.6) is 5.88 Å². The average Bonchev–Trinajstić information content (AvgIpc) is 3.26. The summed E-state index contributed by atoms with van der Waals surface area (Å²) >= 11 is 5.84. The van der Waals surface area contributed by atoms with Crippen molar-refractivity contribution in [1.82, 2.24) is 19.4 Å². The van der Waals surface area contributed by atoms with E-state index >= 15 is 0 Å². The van der Waals surface area contributed by atoms with E-state index in [0.717, 1.165) is 72.8 Å². The first kappa shape index (κ1) is 27.4. The van der Waals surface area contributed by atoms with Crippen molar-refractivity contribution in [2.45, 2.75) is 45.1 Å². The van der Waals surface area contributed by atoms with Crippen LogP contribution in [0.15, 0.2) is 60.7 Å². The van der Waals surface area contributed by atoms with Gasteiger partial charge in [0.1, 0.15) is 18.2 Å². The summed E-state index contributed by atoms with van der Waals surface area (Å²) in [5.41, 5.74) is 4.95. The summed E-state index contributed by atoms with van der Waals surface area (Å²) in [7, 11) is 0. The number of carbonyl (C=O) groups is 1. The molecule has 0 aliphatic carbocycles. The number of rotatable bonds is 10. The van der Waals surface area contributed by atoms with Gasteiger partial charge in [0, 0.05) is 36.3 Å². The Bertz CT molecular complexity index is 1620. The van der Waals surface area contributed by atoms with Gasteiger partial charge < -0.3 is 19.1 Å². The SMILES string of the molecule is O=C(O)Cc1ccc2c(c1)nc(CN1CC=C(c3cccc(OCc4ccc(Cl)cc4F)n3)CC1)n2C[C@@H]1CCO1.